The molecule has 4 nitrogen and oxygen atoms in total. The van der Waals surface area contributed by atoms with E-state index in [0.717, 1.165) is 38.5 Å². The predicted octanol–water partition coefficient (Wildman–Crippen LogP) is 6.17. The lowest BCUT2D eigenvalue weighted by molar-refractivity contribution is -0.167. The summed E-state index contributed by atoms with van der Waals surface area (Å²) in [5.41, 5.74) is 4.32. The highest BCUT2D eigenvalue weighted by molar-refractivity contribution is 5.82. The van der Waals surface area contributed by atoms with Crippen molar-refractivity contribution in [2.24, 2.45) is 11.3 Å². The Labute approximate surface area is 196 Å². The predicted molar refractivity (Wildman–Crippen MR) is 129 cm³/mol. The molecule has 33 heavy (non-hydrogen) atoms. The van der Waals surface area contributed by atoms with Gasteiger partial charge in [-0.05, 0) is 103 Å². The smallest absolute Gasteiger partial charge is 0.0974 e. The summed E-state index contributed by atoms with van der Waals surface area (Å²) in [6.07, 6.45) is 17.7. The molecule has 4 heteroatoms. The summed E-state index contributed by atoms with van der Waals surface area (Å²) in [5, 5.41) is 14.1. The van der Waals surface area contributed by atoms with Gasteiger partial charge in [0.1, 0.15) is 0 Å². The minimum atomic E-state index is -0.164. The van der Waals surface area contributed by atoms with Crippen LogP contribution in [0.3, 0.4) is 0 Å². The second-order valence-electron chi connectivity index (χ2n) is 11.7. The van der Waals surface area contributed by atoms with Crippen LogP contribution >= 0.6 is 0 Å². The molecule has 2 saturated carbocycles. The Morgan fingerprint density at radius 1 is 1.12 bits per heavy atom. The lowest BCUT2D eigenvalue weighted by Crippen LogP contribution is -2.55. The molecule has 1 aromatic heterocycles. The first-order valence-corrected chi connectivity index (χ1v) is 12.8. The van der Waals surface area contributed by atoms with Gasteiger partial charge in [0.15, 0.2) is 0 Å². The van der Waals surface area contributed by atoms with Crippen molar-refractivity contribution in [1.82, 2.24) is 10.0 Å². The summed E-state index contributed by atoms with van der Waals surface area (Å²) in [4.78, 5) is 4.36. The van der Waals surface area contributed by atoms with E-state index in [9.17, 15) is 5.21 Å². The van der Waals surface area contributed by atoms with Crippen LogP contribution in [0.15, 0.2) is 60.0 Å². The number of aromatic nitrogens is 1. The molecule has 6 atom stereocenters. The van der Waals surface area contributed by atoms with E-state index in [1.807, 2.05) is 12.4 Å². The molecule has 2 unspecified atom stereocenters. The van der Waals surface area contributed by atoms with Crippen LogP contribution < -0.4 is 0 Å². The van der Waals surface area contributed by atoms with Gasteiger partial charge in [-0.2, -0.15) is 5.06 Å². The van der Waals surface area contributed by atoms with Gasteiger partial charge in [-0.3, -0.25) is 4.98 Å². The Morgan fingerprint density at radius 3 is 2.91 bits per heavy atom. The van der Waals surface area contributed by atoms with Crippen molar-refractivity contribution in [2.45, 2.75) is 81.5 Å². The topological polar surface area (TPSA) is 45.6 Å². The molecule has 2 spiro atoms. The molecule has 5 aliphatic rings. The zero-order chi connectivity index (χ0) is 22.4. The average Bonchev–Trinajstić information content (AvgIpc) is 3.33. The highest BCUT2D eigenvalue weighted by Gasteiger charge is 2.66. The number of rotatable bonds is 2. The van der Waals surface area contributed by atoms with E-state index < -0.39 is 0 Å². The molecule has 3 aliphatic carbocycles. The number of benzene rings is 1. The van der Waals surface area contributed by atoms with Crippen molar-refractivity contribution in [3.05, 3.63) is 65.5 Å². The number of hydrogen-bond acceptors (Lipinski definition) is 4. The van der Waals surface area contributed by atoms with Crippen LogP contribution in [0.4, 0.5) is 0 Å². The normalized spacial score (nSPS) is 41.4. The molecule has 0 radical (unpaired) electrons. The fourth-order valence-corrected chi connectivity index (χ4v) is 8.57. The second kappa shape index (κ2) is 6.78. The number of fused-ring (bicyclic) bond motifs is 2. The molecule has 1 N–H and O–H groups in total. The number of allylic oxidation sites excluding steroid dienone is 1. The third-order valence-electron chi connectivity index (χ3n) is 10.2. The maximum atomic E-state index is 10.2. The van der Waals surface area contributed by atoms with Crippen LogP contribution in [0.5, 0.6) is 0 Å². The first kappa shape index (κ1) is 20.4. The van der Waals surface area contributed by atoms with Crippen LogP contribution in [0.1, 0.15) is 69.8 Å². The molecule has 3 heterocycles. The molecule has 7 rings (SSSR count). The molecular weight excluding hydrogens is 408 g/mol. The first-order chi connectivity index (χ1) is 15.9. The van der Waals surface area contributed by atoms with Gasteiger partial charge in [0.05, 0.1) is 11.2 Å². The van der Waals surface area contributed by atoms with E-state index >= 15 is 0 Å². The molecule has 2 aliphatic heterocycles. The second-order valence-corrected chi connectivity index (χ2v) is 11.7. The van der Waals surface area contributed by atoms with Crippen molar-refractivity contribution in [2.75, 3.05) is 7.05 Å². The number of hydroxylamine groups is 2. The third-order valence-corrected chi connectivity index (χ3v) is 10.2. The maximum absolute atomic E-state index is 10.2. The standard InChI is InChI=1S/C29H34N2O2/c1-27-11-9-23-16-22-5-6-24(31(2)32)17-28(22)12-13-29(23,33-28)26(27)8-7-25(27)20-4-3-19-10-14-30-18-21(19)15-20/h3-4,9-10,14-16,18,24-26,32H,5-8,11-13,17H2,1-2H3/t24-,25?,26-,27?,28-,29-/m1/s1. The molecule has 3 fully saturated rings. The van der Waals surface area contributed by atoms with E-state index in [0.29, 0.717) is 11.8 Å². The summed E-state index contributed by atoms with van der Waals surface area (Å²) in [6.45, 7) is 2.53. The van der Waals surface area contributed by atoms with Gasteiger partial charge in [-0.25, -0.2) is 0 Å². The average molecular weight is 443 g/mol. The molecule has 2 bridgehead atoms. The Hall–Kier alpha value is -2.01. The summed E-state index contributed by atoms with van der Waals surface area (Å²) in [7, 11) is 1.80. The van der Waals surface area contributed by atoms with Crippen molar-refractivity contribution >= 4 is 10.8 Å². The van der Waals surface area contributed by atoms with Crippen LogP contribution in [-0.4, -0.2) is 39.5 Å². The van der Waals surface area contributed by atoms with E-state index in [2.05, 4.69) is 48.3 Å². The van der Waals surface area contributed by atoms with Gasteiger partial charge >= 0.3 is 0 Å². The number of ether oxygens (including phenoxy) is 1. The lowest BCUT2D eigenvalue weighted by Gasteiger charge is -2.54. The van der Waals surface area contributed by atoms with Crippen molar-refractivity contribution in [3.8, 4) is 0 Å². The fourth-order valence-electron chi connectivity index (χ4n) is 8.57. The lowest BCUT2D eigenvalue weighted by atomic mass is 9.58. The molecule has 1 saturated heterocycles. The third kappa shape index (κ3) is 2.66. The van der Waals surface area contributed by atoms with Gasteiger partial charge in [-0.1, -0.05) is 31.2 Å². The van der Waals surface area contributed by atoms with Crippen molar-refractivity contribution in [3.63, 3.8) is 0 Å². The monoisotopic (exact) mass is 442 g/mol. The number of pyridine rings is 1. The van der Waals surface area contributed by atoms with Crippen LogP contribution in [0.2, 0.25) is 0 Å². The van der Waals surface area contributed by atoms with Crippen LogP contribution in [0.25, 0.3) is 10.8 Å². The zero-order valence-electron chi connectivity index (χ0n) is 19.8. The highest BCUT2D eigenvalue weighted by atomic mass is 16.5. The maximum Gasteiger partial charge on any atom is 0.0974 e. The zero-order valence-corrected chi connectivity index (χ0v) is 19.8. The number of hydrogen-bond donors (Lipinski definition) is 1. The minimum Gasteiger partial charge on any atom is -0.359 e. The molecule has 0 amide bonds. The molecular formula is C29H34N2O2. The van der Waals surface area contributed by atoms with Gasteiger partial charge in [0.2, 0.25) is 0 Å². The minimum absolute atomic E-state index is 0.139. The fraction of sp³-hybridized carbons (Fsp3) is 0.552. The summed E-state index contributed by atoms with van der Waals surface area (Å²) >= 11 is 0. The van der Waals surface area contributed by atoms with Gasteiger partial charge in [-0.15, -0.1) is 0 Å². The van der Waals surface area contributed by atoms with Gasteiger partial charge in [0.25, 0.3) is 0 Å². The molecule has 1 aromatic carbocycles. The van der Waals surface area contributed by atoms with E-state index in [1.165, 1.54) is 45.4 Å². The highest BCUT2D eigenvalue weighted by Crippen LogP contribution is 2.69. The van der Waals surface area contributed by atoms with Crippen molar-refractivity contribution in [1.29, 1.82) is 0 Å². The Morgan fingerprint density at radius 2 is 2.03 bits per heavy atom. The van der Waals surface area contributed by atoms with Crippen molar-refractivity contribution < 1.29 is 9.94 Å². The van der Waals surface area contributed by atoms with E-state index in [1.54, 1.807) is 7.05 Å². The van der Waals surface area contributed by atoms with Crippen LogP contribution in [0, 0.1) is 11.3 Å². The molecule has 172 valence electrons. The van der Waals surface area contributed by atoms with Crippen LogP contribution in [-0.2, 0) is 4.74 Å². The quantitative estimate of drug-likeness (QED) is 0.565. The summed E-state index contributed by atoms with van der Waals surface area (Å²) < 4.78 is 7.31. The Balaban J connectivity index is 1.28. The largest absolute Gasteiger partial charge is 0.359 e. The Kier molecular flexibility index (Phi) is 4.18. The molecule has 2 aromatic rings. The van der Waals surface area contributed by atoms with E-state index in [4.69, 9.17) is 4.74 Å². The summed E-state index contributed by atoms with van der Waals surface area (Å²) in [5.74, 6) is 1.09. The number of nitrogens with zero attached hydrogens (tertiary/aromatic N) is 2. The first-order valence-electron chi connectivity index (χ1n) is 12.8. The van der Waals surface area contributed by atoms with Gasteiger partial charge < -0.3 is 9.94 Å². The van der Waals surface area contributed by atoms with E-state index in [-0.39, 0.29) is 22.7 Å². The SMILES string of the molecule is CN(O)[C@@H]1CCC2=CC3=CCC4(C)C(c5ccc6ccncc6c5)CC[C@H]4[C@@]34CC[C@]2(C1)O4. The Bertz CT molecular complexity index is 1200. The summed E-state index contributed by atoms with van der Waals surface area (Å²) in [6, 6.07) is 9.31. The van der Waals surface area contributed by atoms with Gasteiger partial charge in [0, 0.05) is 30.9 Å².